The Morgan fingerprint density at radius 3 is 2.33 bits per heavy atom. The molecule has 1 aromatic rings. The molecule has 0 amide bonds. The highest BCUT2D eigenvalue weighted by molar-refractivity contribution is 5.25. The minimum atomic E-state index is 0.338. The van der Waals surface area contributed by atoms with E-state index in [1.54, 1.807) is 7.11 Å². The summed E-state index contributed by atoms with van der Waals surface area (Å²) in [5.74, 6) is 0. The fraction of sp³-hybridized carbons (Fsp3) is 0.647. The Bertz CT molecular complexity index is 411. The van der Waals surface area contributed by atoms with E-state index in [9.17, 15) is 0 Å². The van der Waals surface area contributed by atoms with Crippen molar-refractivity contribution in [2.45, 2.75) is 31.5 Å². The van der Waals surface area contributed by atoms with Gasteiger partial charge in [0.15, 0.2) is 0 Å². The Balaban J connectivity index is 1.99. The molecule has 1 heterocycles. The number of piperidine rings is 1. The van der Waals surface area contributed by atoms with E-state index in [-0.39, 0.29) is 0 Å². The van der Waals surface area contributed by atoms with Gasteiger partial charge in [-0.3, -0.25) is 4.90 Å². The van der Waals surface area contributed by atoms with Gasteiger partial charge in [0.05, 0.1) is 6.61 Å². The highest BCUT2D eigenvalue weighted by Crippen LogP contribution is 2.25. The fourth-order valence-corrected chi connectivity index (χ4v) is 3.21. The summed E-state index contributed by atoms with van der Waals surface area (Å²) in [6.45, 7) is 3.60. The molecule has 1 unspecified atom stereocenters. The first-order chi connectivity index (χ1) is 10.2. The van der Waals surface area contributed by atoms with E-state index in [4.69, 9.17) is 10.5 Å². The molecule has 0 saturated carbocycles. The lowest BCUT2D eigenvalue weighted by molar-refractivity contribution is 0.111. The summed E-state index contributed by atoms with van der Waals surface area (Å²) in [5.41, 5.74) is 8.58. The van der Waals surface area contributed by atoms with Crippen LogP contribution in [0.3, 0.4) is 0 Å². The van der Waals surface area contributed by atoms with E-state index >= 15 is 0 Å². The molecule has 0 radical (unpaired) electrons. The molecule has 0 aromatic heterocycles. The molecule has 1 fully saturated rings. The zero-order chi connectivity index (χ0) is 15.2. The van der Waals surface area contributed by atoms with Crippen molar-refractivity contribution >= 4 is 0 Å². The maximum Gasteiger partial charge on any atom is 0.0713 e. The summed E-state index contributed by atoms with van der Waals surface area (Å²) in [4.78, 5) is 4.87. The van der Waals surface area contributed by atoms with Crippen LogP contribution in [0, 0.1) is 0 Å². The molecule has 1 aliphatic rings. The molecule has 118 valence electrons. The predicted octanol–water partition coefficient (Wildman–Crippen LogP) is 1.86. The van der Waals surface area contributed by atoms with Crippen molar-refractivity contribution in [2.24, 2.45) is 5.73 Å². The van der Waals surface area contributed by atoms with Gasteiger partial charge in [0.2, 0.25) is 0 Å². The van der Waals surface area contributed by atoms with Gasteiger partial charge in [-0.15, -0.1) is 0 Å². The van der Waals surface area contributed by atoms with Crippen LogP contribution in [0.1, 0.15) is 30.0 Å². The largest absolute Gasteiger partial charge is 0.380 e. The van der Waals surface area contributed by atoms with Crippen LogP contribution in [0.2, 0.25) is 0 Å². The van der Waals surface area contributed by atoms with Crippen molar-refractivity contribution < 1.29 is 4.74 Å². The van der Waals surface area contributed by atoms with Crippen molar-refractivity contribution in [1.82, 2.24) is 9.80 Å². The number of rotatable bonds is 6. The van der Waals surface area contributed by atoms with Gasteiger partial charge in [-0.1, -0.05) is 24.3 Å². The number of ether oxygens (including phenoxy) is 1. The maximum atomic E-state index is 6.05. The molecule has 1 atom stereocenters. The third-order valence-electron chi connectivity index (χ3n) is 4.57. The molecule has 1 saturated heterocycles. The Hall–Kier alpha value is -0.940. The van der Waals surface area contributed by atoms with Crippen LogP contribution < -0.4 is 5.73 Å². The zero-order valence-corrected chi connectivity index (χ0v) is 13.6. The molecule has 21 heavy (non-hydrogen) atoms. The van der Waals surface area contributed by atoms with E-state index in [0.717, 1.165) is 13.1 Å². The quantitative estimate of drug-likeness (QED) is 0.868. The first-order valence-corrected chi connectivity index (χ1v) is 7.84. The minimum Gasteiger partial charge on any atom is -0.380 e. The van der Waals surface area contributed by atoms with E-state index in [1.807, 2.05) is 0 Å². The molecule has 2 rings (SSSR count). The van der Waals surface area contributed by atoms with Crippen molar-refractivity contribution in [2.75, 3.05) is 40.8 Å². The third kappa shape index (κ3) is 4.27. The molecule has 1 aromatic carbocycles. The Morgan fingerprint density at radius 1 is 1.24 bits per heavy atom. The van der Waals surface area contributed by atoms with Crippen molar-refractivity contribution in [3.05, 3.63) is 35.4 Å². The smallest absolute Gasteiger partial charge is 0.0713 e. The van der Waals surface area contributed by atoms with E-state index in [2.05, 4.69) is 48.2 Å². The number of benzene rings is 1. The molecule has 2 N–H and O–H groups in total. The molecule has 4 nitrogen and oxygen atoms in total. The average molecular weight is 291 g/mol. The molecule has 0 aliphatic carbocycles. The van der Waals surface area contributed by atoms with Crippen molar-refractivity contribution in [1.29, 1.82) is 0 Å². The Morgan fingerprint density at radius 2 is 1.86 bits per heavy atom. The zero-order valence-electron chi connectivity index (χ0n) is 13.6. The average Bonchev–Trinajstić information content (AvgIpc) is 2.50. The SMILES string of the molecule is COCc1ccc(C(CN)N2CCC(N(C)C)CC2)cc1. The highest BCUT2D eigenvalue weighted by Gasteiger charge is 2.26. The topological polar surface area (TPSA) is 41.7 Å². The summed E-state index contributed by atoms with van der Waals surface area (Å²) >= 11 is 0. The van der Waals surface area contributed by atoms with Crippen LogP contribution in [0.25, 0.3) is 0 Å². The van der Waals surface area contributed by atoms with Gasteiger partial charge in [-0.2, -0.15) is 0 Å². The Labute approximate surface area is 128 Å². The first-order valence-electron chi connectivity index (χ1n) is 7.84. The summed E-state index contributed by atoms with van der Waals surface area (Å²) in [6, 6.07) is 9.74. The molecular weight excluding hydrogens is 262 g/mol. The standard InChI is InChI=1S/C17H29N3O/c1-19(2)16-8-10-20(11-9-16)17(12-18)15-6-4-14(5-7-15)13-21-3/h4-7,16-17H,8-13,18H2,1-3H3. The van der Waals surface area contributed by atoms with Gasteiger partial charge in [0, 0.05) is 38.8 Å². The van der Waals surface area contributed by atoms with Gasteiger partial charge in [0.1, 0.15) is 0 Å². The second kappa shape index (κ2) is 7.90. The van der Waals surface area contributed by atoms with Crippen LogP contribution in [-0.4, -0.2) is 56.7 Å². The lowest BCUT2D eigenvalue weighted by Gasteiger charge is -2.39. The van der Waals surface area contributed by atoms with E-state index < -0.39 is 0 Å². The second-order valence-corrected chi connectivity index (χ2v) is 6.16. The molecule has 4 heteroatoms. The minimum absolute atomic E-state index is 0.338. The van der Waals surface area contributed by atoms with Crippen LogP contribution in [-0.2, 0) is 11.3 Å². The fourth-order valence-electron chi connectivity index (χ4n) is 3.21. The summed E-state index contributed by atoms with van der Waals surface area (Å²) in [6.07, 6.45) is 2.45. The molecule has 0 bridgehead atoms. The second-order valence-electron chi connectivity index (χ2n) is 6.16. The lowest BCUT2D eigenvalue weighted by Crippen LogP contribution is -2.45. The molecule has 0 spiro atoms. The van der Waals surface area contributed by atoms with Crippen LogP contribution in [0.5, 0.6) is 0 Å². The lowest BCUT2D eigenvalue weighted by atomic mass is 9.98. The first kappa shape index (κ1) is 16.4. The van der Waals surface area contributed by atoms with Crippen molar-refractivity contribution in [3.8, 4) is 0 Å². The number of methoxy groups -OCH3 is 1. The number of hydrogen-bond donors (Lipinski definition) is 1. The molecule has 1 aliphatic heterocycles. The number of nitrogens with zero attached hydrogens (tertiary/aromatic N) is 2. The summed E-state index contributed by atoms with van der Waals surface area (Å²) in [5, 5.41) is 0. The van der Waals surface area contributed by atoms with Crippen LogP contribution in [0.4, 0.5) is 0 Å². The third-order valence-corrected chi connectivity index (χ3v) is 4.57. The van der Waals surface area contributed by atoms with Gasteiger partial charge in [0.25, 0.3) is 0 Å². The van der Waals surface area contributed by atoms with Gasteiger partial charge in [-0.25, -0.2) is 0 Å². The van der Waals surface area contributed by atoms with Gasteiger partial charge in [-0.05, 0) is 38.1 Å². The number of likely N-dealkylation sites (tertiary alicyclic amines) is 1. The maximum absolute atomic E-state index is 6.05. The van der Waals surface area contributed by atoms with Gasteiger partial charge >= 0.3 is 0 Å². The number of nitrogens with two attached hydrogens (primary N) is 1. The van der Waals surface area contributed by atoms with Crippen molar-refractivity contribution in [3.63, 3.8) is 0 Å². The monoisotopic (exact) mass is 291 g/mol. The summed E-state index contributed by atoms with van der Waals surface area (Å²) < 4.78 is 5.17. The van der Waals surface area contributed by atoms with Crippen LogP contribution >= 0.6 is 0 Å². The van der Waals surface area contributed by atoms with Gasteiger partial charge < -0.3 is 15.4 Å². The van der Waals surface area contributed by atoms with Crippen LogP contribution in [0.15, 0.2) is 24.3 Å². The highest BCUT2D eigenvalue weighted by atomic mass is 16.5. The molecular formula is C17H29N3O. The van der Waals surface area contributed by atoms with E-state index in [0.29, 0.717) is 25.2 Å². The summed E-state index contributed by atoms with van der Waals surface area (Å²) in [7, 11) is 6.08. The van der Waals surface area contributed by atoms with E-state index in [1.165, 1.54) is 24.0 Å². The number of hydrogen-bond acceptors (Lipinski definition) is 4. The Kier molecular flexibility index (Phi) is 6.18. The normalized spacial score (nSPS) is 19.1. The predicted molar refractivity (Wildman–Crippen MR) is 87.2 cm³/mol.